The zero-order valence-corrected chi connectivity index (χ0v) is 23.3. The van der Waals surface area contributed by atoms with Crippen molar-refractivity contribution in [2.24, 2.45) is 0 Å². The van der Waals surface area contributed by atoms with E-state index >= 15 is 0 Å². The first-order chi connectivity index (χ1) is 18.9. The Kier molecular flexibility index (Phi) is 4.97. The number of aromatic nitrogens is 1. The van der Waals surface area contributed by atoms with Gasteiger partial charge in [-0.1, -0.05) is 38.2 Å². The third-order valence-corrected chi connectivity index (χ3v) is 9.17. The highest BCUT2D eigenvalue weighted by molar-refractivity contribution is 7.27. The fourth-order valence-corrected chi connectivity index (χ4v) is 6.85. The summed E-state index contributed by atoms with van der Waals surface area (Å²) < 4.78 is 32.5. The van der Waals surface area contributed by atoms with Gasteiger partial charge in [-0.05, 0) is 72.0 Å². The molecule has 0 saturated heterocycles. The van der Waals surface area contributed by atoms with Gasteiger partial charge in [-0.15, -0.1) is 11.3 Å². The molecule has 2 aromatic carbocycles. The van der Waals surface area contributed by atoms with E-state index in [-0.39, 0.29) is 12.1 Å². The smallest absolute Gasteiger partial charge is 0.182 e. The molecule has 0 aliphatic carbocycles. The second kappa shape index (κ2) is 8.89. The molecular weight excluding hydrogens is 494 g/mol. The van der Waals surface area contributed by atoms with Crippen molar-refractivity contribution in [3.05, 3.63) is 83.1 Å². The number of thiophene rings is 2. The minimum Gasteiger partial charge on any atom is -0.447 e. The summed E-state index contributed by atoms with van der Waals surface area (Å²) in [4.78, 5) is 8.23. The lowest BCUT2D eigenvalue weighted by Crippen LogP contribution is -2.24. The van der Waals surface area contributed by atoms with Crippen LogP contribution in [0.2, 0.25) is 0 Å². The average Bonchev–Trinajstić information content (AvgIpc) is 3.60. The molecule has 6 heteroatoms. The van der Waals surface area contributed by atoms with Crippen LogP contribution in [0.1, 0.15) is 44.3 Å². The quantitative estimate of drug-likeness (QED) is 0.232. The Morgan fingerprint density at radius 2 is 1.86 bits per heavy atom. The van der Waals surface area contributed by atoms with Crippen molar-refractivity contribution in [3.63, 3.8) is 0 Å². The van der Waals surface area contributed by atoms with Gasteiger partial charge in [0, 0.05) is 57.4 Å². The van der Waals surface area contributed by atoms with E-state index in [1.165, 1.54) is 25.2 Å². The lowest BCUT2D eigenvalue weighted by atomic mass is 9.86. The molecule has 4 nitrogen and oxygen atoms in total. The van der Waals surface area contributed by atoms with Crippen molar-refractivity contribution in [2.75, 3.05) is 18.5 Å². The van der Waals surface area contributed by atoms with Gasteiger partial charge in [0.1, 0.15) is 5.75 Å². The highest BCUT2D eigenvalue weighted by Gasteiger charge is 2.22. The number of benzene rings is 2. The maximum absolute atomic E-state index is 7.88. The minimum atomic E-state index is -2.18. The van der Waals surface area contributed by atoms with Crippen molar-refractivity contribution < 1.29 is 8.85 Å². The second-order valence-corrected chi connectivity index (χ2v) is 12.4. The fourth-order valence-electron chi connectivity index (χ4n) is 4.74. The lowest BCUT2D eigenvalue weighted by Gasteiger charge is -2.21. The van der Waals surface area contributed by atoms with Gasteiger partial charge < -0.3 is 14.5 Å². The molecule has 37 heavy (non-hydrogen) atoms. The van der Waals surface area contributed by atoms with Crippen LogP contribution in [0.15, 0.2) is 77.6 Å². The number of ether oxygens (including phenoxy) is 1. The highest BCUT2D eigenvalue weighted by Crippen LogP contribution is 2.45. The molecule has 0 atom stereocenters. The highest BCUT2D eigenvalue weighted by atomic mass is 32.1. The van der Waals surface area contributed by atoms with Gasteiger partial charge in [0.05, 0.1) is 21.8 Å². The van der Waals surface area contributed by atoms with Crippen LogP contribution in [-0.4, -0.2) is 23.5 Å². The SMILES string of the molecule is [2H]C([2H])([2H])N1CN(c2cccc(Oc3cc4c(-c5cc(C(C)(C)C)ccn5)cc5ccsc5c4s3)c2)C(C)=C1C. The summed E-state index contributed by atoms with van der Waals surface area (Å²) in [6, 6.07) is 18.7. The van der Waals surface area contributed by atoms with Crippen molar-refractivity contribution in [1.82, 2.24) is 9.88 Å². The van der Waals surface area contributed by atoms with Crippen LogP contribution in [0.4, 0.5) is 5.69 Å². The normalized spacial score (nSPS) is 16.0. The molecule has 1 aliphatic rings. The van der Waals surface area contributed by atoms with Gasteiger partial charge in [0.15, 0.2) is 5.06 Å². The van der Waals surface area contributed by atoms with E-state index in [1.54, 1.807) is 22.7 Å². The summed E-state index contributed by atoms with van der Waals surface area (Å²) in [6.45, 7) is 8.56. The summed E-state index contributed by atoms with van der Waals surface area (Å²) in [5.74, 6) is 0.707. The van der Waals surface area contributed by atoms with Gasteiger partial charge in [0.2, 0.25) is 0 Å². The molecule has 0 amide bonds. The zero-order chi connectivity index (χ0) is 28.4. The maximum atomic E-state index is 7.88. The number of pyridine rings is 1. The Balaban J connectivity index is 1.37. The van der Waals surface area contributed by atoms with Crippen molar-refractivity contribution in [3.8, 4) is 22.1 Å². The summed E-state index contributed by atoms with van der Waals surface area (Å²) in [5, 5.41) is 5.27. The number of fused-ring (bicyclic) bond motifs is 3. The Bertz CT molecular complexity index is 1780. The van der Waals surface area contributed by atoms with Crippen LogP contribution in [0, 0.1) is 0 Å². The molecule has 0 fully saturated rings. The van der Waals surface area contributed by atoms with Crippen LogP contribution in [0.3, 0.4) is 0 Å². The van der Waals surface area contributed by atoms with Crippen molar-refractivity contribution in [1.29, 1.82) is 0 Å². The predicted molar refractivity (Wildman–Crippen MR) is 159 cm³/mol. The van der Waals surface area contributed by atoms with Crippen LogP contribution < -0.4 is 9.64 Å². The minimum absolute atomic E-state index is 0.0270. The zero-order valence-electron chi connectivity index (χ0n) is 24.6. The van der Waals surface area contributed by atoms with Gasteiger partial charge in [0.25, 0.3) is 0 Å². The second-order valence-electron chi connectivity index (χ2n) is 10.5. The standard InChI is InChI=1S/C31H31N3OS2/c1-19-20(2)34(18-33(19)6)23-8-7-9-24(16-23)35-28-17-26-25(14-21-11-13-36-29(21)30(26)37-28)27-15-22(10-12-32-27)31(3,4)5/h7-17H,18H2,1-6H3/i6D3. The van der Waals surface area contributed by atoms with Crippen molar-refractivity contribution >= 4 is 48.5 Å². The summed E-state index contributed by atoms with van der Waals surface area (Å²) >= 11 is 3.38. The van der Waals surface area contributed by atoms with Gasteiger partial charge in [-0.25, -0.2) is 0 Å². The lowest BCUT2D eigenvalue weighted by molar-refractivity contribution is 0.459. The van der Waals surface area contributed by atoms with E-state index in [9.17, 15) is 0 Å². The Labute approximate surface area is 230 Å². The monoisotopic (exact) mass is 528 g/mol. The molecule has 0 radical (unpaired) electrons. The summed E-state index contributed by atoms with van der Waals surface area (Å²) in [5.41, 5.74) is 5.91. The summed E-state index contributed by atoms with van der Waals surface area (Å²) in [6.07, 6.45) is 1.90. The Hall–Kier alpha value is -3.35. The number of nitrogens with zero attached hydrogens (tertiary/aromatic N) is 3. The molecule has 6 rings (SSSR count). The van der Waals surface area contributed by atoms with Gasteiger partial charge in [-0.2, -0.15) is 0 Å². The molecular formula is C31H31N3OS2. The van der Waals surface area contributed by atoms with E-state index in [1.807, 2.05) is 49.2 Å². The number of anilines is 1. The van der Waals surface area contributed by atoms with Crippen LogP contribution in [-0.2, 0) is 5.41 Å². The van der Waals surface area contributed by atoms with Crippen molar-refractivity contribution in [2.45, 2.75) is 40.0 Å². The number of hydrogen-bond donors (Lipinski definition) is 0. The first-order valence-corrected chi connectivity index (χ1v) is 14.0. The molecule has 188 valence electrons. The number of hydrogen-bond acceptors (Lipinski definition) is 6. The van der Waals surface area contributed by atoms with Crippen LogP contribution in [0.5, 0.6) is 10.8 Å². The third-order valence-electron chi connectivity index (χ3n) is 7.07. The van der Waals surface area contributed by atoms with E-state index < -0.39 is 6.98 Å². The van der Waals surface area contributed by atoms with E-state index in [0.29, 0.717) is 5.75 Å². The van der Waals surface area contributed by atoms with E-state index in [0.717, 1.165) is 38.8 Å². The molecule has 1 aliphatic heterocycles. The van der Waals surface area contributed by atoms with Gasteiger partial charge >= 0.3 is 0 Å². The molecule has 3 aromatic heterocycles. The first-order valence-electron chi connectivity index (χ1n) is 13.8. The molecule has 0 spiro atoms. The average molecular weight is 529 g/mol. The first kappa shape index (κ1) is 20.7. The predicted octanol–water partition coefficient (Wildman–Crippen LogP) is 9.23. The van der Waals surface area contributed by atoms with E-state index in [2.05, 4.69) is 56.5 Å². The van der Waals surface area contributed by atoms with Gasteiger partial charge in [-0.3, -0.25) is 4.98 Å². The van der Waals surface area contributed by atoms with Crippen LogP contribution in [0.25, 0.3) is 31.4 Å². The number of allylic oxidation sites excluding steroid dienone is 2. The molecule has 4 heterocycles. The van der Waals surface area contributed by atoms with E-state index in [4.69, 9.17) is 13.8 Å². The molecule has 0 saturated carbocycles. The molecule has 0 bridgehead atoms. The molecule has 0 unspecified atom stereocenters. The summed E-state index contributed by atoms with van der Waals surface area (Å²) in [7, 11) is 0. The topological polar surface area (TPSA) is 28.6 Å². The maximum Gasteiger partial charge on any atom is 0.182 e. The molecule has 5 aromatic rings. The third kappa shape index (κ3) is 4.28. The Morgan fingerprint density at radius 1 is 1.00 bits per heavy atom. The van der Waals surface area contributed by atoms with Crippen LogP contribution >= 0.6 is 22.7 Å². The fraction of sp³-hybridized carbons (Fsp3) is 0.258. The Morgan fingerprint density at radius 3 is 2.65 bits per heavy atom. The molecule has 0 N–H and O–H groups in total. The number of rotatable bonds is 4. The largest absolute Gasteiger partial charge is 0.447 e.